The van der Waals surface area contributed by atoms with Gasteiger partial charge in [-0.1, -0.05) is 6.07 Å². The fraction of sp³-hybridized carbons (Fsp3) is 0.364. The minimum atomic E-state index is -0.693. The number of anilines is 1. The van der Waals surface area contributed by atoms with E-state index >= 15 is 0 Å². The van der Waals surface area contributed by atoms with Gasteiger partial charge in [-0.05, 0) is 31.2 Å². The summed E-state index contributed by atoms with van der Waals surface area (Å²) in [7, 11) is 0. The van der Waals surface area contributed by atoms with Crippen molar-refractivity contribution >= 4 is 17.5 Å². The normalized spacial score (nSPS) is 17.9. The highest BCUT2D eigenvalue weighted by Crippen LogP contribution is 2.36. The molecule has 0 aromatic heterocycles. The van der Waals surface area contributed by atoms with Gasteiger partial charge in [0.1, 0.15) is 24.8 Å². The zero-order chi connectivity index (χ0) is 21.3. The lowest BCUT2D eigenvalue weighted by Crippen LogP contribution is -2.37. The predicted octanol–water partition coefficient (Wildman–Crippen LogP) is 3.14. The maximum atomic E-state index is 14.0. The highest BCUT2D eigenvalue weighted by Gasteiger charge is 2.37. The van der Waals surface area contributed by atoms with Gasteiger partial charge < -0.3 is 19.3 Å². The molecule has 1 atom stereocenters. The molecule has 0 spiro atoms. The third-order valence-corrected chi connectivity index (χ3v) is 5.42. The Labute approximate surface area is 173 Å². The summed E-state index contributed by atoms with van der Waals surface area (Å²) < 4.78 is 39.1. The molecule has 8 heteroatoms. The van der Waals surface area contributed by atoms with Crippen molar-refractivity contribution in [3.63, 3.8) is 0 Å². The minimum absolute atomic E-state index is 0.0452. The first kappa shape index (κ1) is 20.1. The van der Waals surface area contributed by atoms with Crippen molar-refractivity contribution in [1.29, 1.82) is 0 Å². The average molecular weight is 416 g/mol. The standard InChI is InChI=1S/C22H22F2N2O4/c1-2-25(13-16-17(23)4-3-5-18(16)24)22(28)14-10-21(27)26(12-14)15-6-7-19-20(11-15)30-9-8-29-19/h3-7,11,14H,2,8-10,12-13H2,1H3. The minimum Gasteiger partial charge on any atom is -0.486 e. The quantitative estimate of drug-likeness (QED) is 0.752. The number of halogens is 2. The monoisotopic (exact) mass is 416 g/mol. The van der Waals surface area contributed by atoms with Crippen LogP contribution in [0.3, 0.4) is 0 Å². The van der Waals surface area contributed by atoms with E-state index < -0.39 is 17.6 Å². The van der Waals surface area contributed by atoms with Crippen molar-refractivity contribution in [1.82, 2.24) is 4.90 Å². The van der Waals surface area contributed by atoms with Crippen LogP contribution in [0.5, 0.6) is 11.5 Å². The fourth-order valence-corrected chi connectivity index (χ4v) is 3.80. The van der Waals surface area contributed by atoms with E-state index in [0.29, 0.717) is 30.4 Å². The van der Waals surface area contributed by atoms with E-state index in [2.05, 4.69) is 0 Å². The first-order chi connectivity index (χ1) is 14.5. The number of carbonyl (C=O) groups is 2. The van der Waals surface area contributed by atoms with Gasteiger partial charge in [0, 0.05) is 36.8 Å². The van der Waals surface area contributed by atoms with Crippen LogP contribution in [0.25, 0.3) is 0 Å². The first-order valence-electron chi connectivity index (χ1n) is 9.89. The molecule has 0 saturated carbocycles. The van der Waals surface area contributed by atoms with E-state index in [4.69, 9.17) is 9.47 Å². The molecule has 4 rings (SSSR count). The Bertz CT molecular complexity index is 961. The predicted molar refractivity (Wildman–Crippen MR) is 105 cm³/mol. The molecule has 2 aliphatic heterocycles. The summed E-state index contributed by atoms with van der Waals surface area (Å²) in [6, 6.07) is 8.84. The van der Waals surface area contributed by atoms with Crippen LogP contribution in [-0.2, 0) is 16.1 Å². The van der Waals surface area contributed by atoms with E-state index in [1.807, 2.05) is 0 Å². The zero-order valence-corrected chi connectivity index (χ0v) is 16.6. The molecular weight excluding hydrogens is 394 g/mol. The molecule has 158 valence electrons. The summed E-state index contributed by atoms with van der Waals surface area (Å²) in [6.07, 6.45) is 0.0452. The first-order valence-corrected chi connectivity index (χ1v) is 9.89. The Hall–Kier alpha value is -3.16. The maximum Gasteiger partial charge on any atom is 0.228 e. The SMILES string of the molecule is CCN(Cc1c(F)cccc1F)C(=O)C1CC(=O)N(c2ccc3c(c2)OCCO3)C1. The second-order valence-electron chi connectivity index (χ2n) is 7.29. The summed E-state index contributed by atoms with van der Waals surface area (Å²) in [6.45, 7) is 2.95. The van der Waals surface area contributed by atoms with Gasteiger partial charge in [-0.25, -0.2) is 8.78 Å². The fourth-order valence-electron chi connectivity index (χ4n) is 3.80. The van der Waals surface area contributed by atoms with Crippen molar-refractivity contribution in [2.24, 2.45) is 5.92 Å². The van der Waals surface area contributed by atoms with Gasteiger partial charge >= 0.3 is 0 Å². The maximum absolute atomic E-state index is 14.0. The summed E-state index contributed by atoms with van der Waals surface area (Å²) >= 11 is 0. The number of nitrogens with zero attached hydrogens (tertiary/aromatic N) is 2. The second-order valence-corrected chi connectivity index (χ2v) is 7.29. The van der Waals surface area contributed by atoms with E-state index in [-0.39, 0.29) is 43.4 Å². The molecular formula is C22H22F2N2O4. The van der Waals surface area contributed by atoms with Gasteiger partial charge in [0.25, 0.3) is 0 Å². The van der Waals surface area contributed by atoms with Crippen molar-refractivity contribution in [2.75, 3.05) is 31.2 Å². The molecule has 0 N–H and O–H groups in total. The van der Waals surface area contributed by atoms with Crippen LogP contribution in [0.4, 0.5) is 14.5 Å². The Morgan fingerprint density at radius 2 is 1.83 bits per heavy atom. The Morgan fingerprint density at radius 3 is 2.53 bits per heavy atom. The molecule has 2 amide bonds. The third-order valence-electron chi connectivity index (χ3n) is 5.42. The number of fused-ring (bicyclic) bond motifs is 1. The number of amides is 2. The molecule has 0 bridgehead atoms. The lowest BCUT2D eigenvalue weighted by Gasteiger charge is -2.25. The van der Waals surface area contributed by atoms with Gasteiger partial charge in [0.15, 0.2) is 11.5 Å². The van der Waals surface area contributed by atoms with E-state index in [9.17, 15) is 18.4 Å². The molecule has 2 aromatic carbocycles. The lowest BCUT2D eigenvalue weighted by atomic mass is 10.1. The number of carbonyl (C=O) groups excluding carboxylic acids is 2. The average Bonchev–Trinajstić information content (AvgIpc) is 3.14. The van der Waals surface area contributed by atoms with Crippen LogP contribution in [0.2, 0.25) is 0 Å². The van der Waals surface area contributed by atoms with E-state index in [1.54, 1.807) is 30.0 Å². The molecule has 2 aliphatic rings. The smallest absolute Gasteiger partial charge is 0.228 e. The van der Waals surface area contributed by atoms with Crippen LogP contribution in [0, 0.1) is 17.6 Å². The van der Waals surface area contributed by atoms with Crippen molar-refractivity contribution in [2.45, 2.75) is 19.9 Å². The van der Waals surface area contributed by atoms with Crippen LogP contribution < -0.4 is 14.4 Å². The molecule has 1 saturated heterocycles. The number of hydrogen-bond acceptors (Lipinski definition) is 4. The highest BCUT2D eigenvalue weighted by molar-refractivity contribution is 6.00. The van der Waals surface area contributed by atoms with Crippen molar-refractivity contribution in [3.05, 3.63) is 53.6 Å². The zero-order valence-electron chi connectivity index (χ0n) is 16.6. The molecule has 0 aliphatic carbocycles. The van der Waals surface area contributed by atoms with Crippen molar-refractivity contribution < 1.29 is 27.8 Å². The summed E-state index contributed by atoms with van der Waals surface area (Å²) in [5.41, 5.74) is 0.475. The second kappa shape index (κ2) is 8.30. The summed E-state index contributed by atoms with van der Waals surface area (Å²) in [5.74, 6) is -1.27. The van der Waals surface area contributed by atoms with Gasteiger partial charge in [0.05, 0.1) is 12.5 Å². The summed E-state index contributed by atoms with van der Waals surface area (Å²) in [5, 5.41) is 0. The van der Waals surface area contributed by atoms with Crippen LogP contribution >= 0.6 is 0 Å². The van der Waals surface area contributed by atoms with Crippen molar-refractivity contribution in [3.8, 4) is 11.5 Å². The number of ether oxygens (including phenoxy) is 2. The van der Waals surface area contributed by atoms with Crippen LogP contribution in [-0.4, -0.2) is 43.0 Å². The Balaban J connectivity index is 1.49. The largest absolute Gasteiger partial charge is 0.486 e. The Kier molecular flexibility index (Phi) is 5.57. The molecule has 30 heavy (non-hydrogen) atoms. The van der Waals surface area contributed by atoms with Gasteiger partial charge in [-0.2, -0.15) is 0 Å². The van der Waals surface area contributed by atoms with E-state index in [0.717, 1.165) is 0 Å². The van der Waals surface area contributed by atoms with Crippen LogP contribution in [0.15, 0.2) is 36.4 Å². The molecule has 6 nitrogen and oxygen atoms in total. The molecule has 2 aromatic rings. The van der Waals surface area contributed by atoms with Gasteiger partial charge in [-0.3, -0.25) is 9.59 Å². The summed E-state index contributed by atoms with van der Waals surface area (Å²) in [4.78, 5) is 28.5. The number of hydrogen-bond donors (Lipinski definition) is 0. The molecule has 1 fully saturated rings. The number of rotatable bonds is 5. The van der Waals surface area contributed by atoms with Gasteiger partial charge in [0.2, 0.25) is 11.8 Å². The topological polar surface area (TPSA) is 59.1 Å². The number of benzene rings is 2. The molecule has 2 heterocycles. The van der Waals surface area contributed by atoms with Crippen LogP contribution in [0.1, 0.15) is 18.9 Å². The third kappa shape index (κ3) is 3.81. The molecule has 1 unspecified atom stereocenters. The Morgan fingerprint density at radius 1 is 1.13 bits per heavy atom. The molecule has 0 radical (unpaired) electrons. The van der Waals surface area contributed by atoms with E-state index in [1.165, 1.54) is 23.1 Å². The van der Waals surface area contributed by atoms with Gasteiger partial charge in [-0.15, -0.1) is 0 Å². The lowest BCUT2D eigenvalue weighted by molar-refractivity contribution is -0.136. The highest BCUT2D eigenvalue weighted by atomic mass is 19.1.